The van der Waals surface area contributed by atoms with Gasteiger partial charge < -0.3 is 10.1 Å². The van der Waals surface area contributed by atoms with Crippen LogP contribution in [0, 0.1) is 0 Å². The van der Waals surface area contributed by atoms with E-state index in [9.17, 15) is 4.79 Å². The molecule has 1 rings (SSSR count). The van der Waals surface area contributed by atoms with Crippen molar-refractivity contribution in [2.45, 2.75) is 13.8 Å². The van der Waals surface area contributed by atoms with Gasteiger partial charge in [0.05, 0.1) is 6.61 Å². The predicted molar refractivity (Wildman–Crippen MR) is 65.3 cm³/mol. The van der Waals surface area contributed by atoms with Crippen LogP contribution in [0.25, 0.3) is 6.08 Å². The Morgan fingerprint density at radius 3 is 2.81 bits per heavy atom. The van der Waals surface area contributed by atoms with Crippen LogP contribution in [0.4, 0.5) is 0 Å². The van der Waals surface area contributed by atoms with Gasteiger partial charge in [-0.3, -0.25) is 4.79 Å². The molecule has 0 atom stereocenters. The Hall–Kier alpha value is -1.77. The summed E-state index contributed by atoms with van der Waals surface area (Å²) in [5.74, 6) is 0.708. The molecule has 0 aliphatic carbocycles. The number of para-hydroxylation sites is 1. The van der Waals surface area contributed by atoms with E-state index in [1.165, 1.54) is 6.08 Å². The van der Waals surface area contributed by atoms with Gasteiger partial charge in [0.1, 0.15) is 5.75 Å². The van der Waals surface area contributed by atoms with Gasteiger partial charge in [0.2, 0.25) is 5.91 Å². The van der Waals surface area contributed by atoms with Gasteiger partial charge in [0.15, 0.2) is 0 Å². The number of nitrogens with one attached hydrogen (secondary N) is 1. The van der Waals surface area contributed by atoms with Crippen LogP contribution in [0.2, 0.25) is 0 Å². The number of carbonyl (C=O) groups is 1. The van der Waals surface area contributed by atoms with Crippen molar-refractivity contribution in [3.8, 4) is 5.75 Å². The lowest BCUT2D eigenvalue weighted by molar-refractivity contribution is -0.116. The molecule has 86 valence electrons. The number of rotatable bonds is 5. The Morgan fingerprint density at radius 1 is 1.38 bits per heavy atom. The fourth-order valence-corrected chi connectivity index (χ4v) is 1.30. The van der Waals surface area contributed by atoms with E-state index in [0.29, 0.717) is 13.2 Å². The molecule has 0 heterocycles. The van der Waals surface area contributed by atoms with Crippen LogP contribution >= 0.6 is 0 Å². The molecule has 0 spiro atoms. The molecule has 0 radical (unpaired) electrons. The normalized spacial score (nSPS) is 10.4. The zero-order chi connectivity index (χ0) is 11.8. The third-order valence-electron chi connectivity index (χ3n) is 1.98. The molecule has 0 saturated carbocycles. The van der Waals surface area contributed by atoms with E-state index < -0.39 is 0 Å². The monoisotopic (exact) mass is 219 g/mol. The summed E-state index contributed by atoms with van der Waals surface area (Å²) in [5.41, 5.74) is 0.913. The quantitative estimate of drug-likeness (QED) is 0.771. The minimum Gasteiger partial charge on any atom is -0.493 e. The van der Waals surface area contributed by atoms with Gasteiger partial charge in [0.25, 0.3) is 0 Å². The van der Waals surface area contributed by atoms with Crippen molar-refractivity contribution in [1.29, 1.82) is 0 Å². The molecule has 0 saturated heterocycles. The molecule has 16 heavy (non-hydrogen) atoms. The summed E-state index contributed by atoms with van der Waals surface area (Å²) in [7, 11) is 0. The van der Waals surface area contributed by atoms with Crippen LogP contribution in [0.3, 0.4) is 0 Å². The molecule has 1 aromatic rings. The Kier molecular flexibility index (Phi) is 5.12. The summed E-state index contributed by atoms with van der Waals surface area (Å²) in [5, 5.41) is 2.70. The third kappa shape index (κ3) is 3.77. The molecule has 3 heteroatoms. The molecule has 0 aliphatic heterocycles. The lowest BCUT2D eigenvalue weighted by atomic mass is 10.2. The highest BCUT2D eigenvalue weighted by molar-refractivity contribution is 5.92. The molecular formula is C13H17NO2. The van der Waals surface area contributed by atoms with E-state index in [2.05, 4.69) is 5.32 Å². The largest absolute Gasteiger partial charge is 0.493 e. The fraction of sp³-hybridized carbons (Fsp3) is 0.308. The van der Waals surface area contributed by atoms with Crippen molar-refractivity contribution in [3.63, 3.8) is 0 Å². The highest BCUT2D eigenvalue weighted by Gasteiger charge is 1.99. The average Bonchev–Trinajstić information content (AvgIpc) is 2.29. The number of hydrogen-bond donors (Lipinski definition) is 1. The van der Waals surface area contributed by atoms with E-state index in [4.69, 9.17) is 4.74 Å². The van der Waals surface area contributed by atoms with E-state index in [0.717, 1.165) is 11.3 Å². The van der Waals surface area contributed by atoms with Crippen LogP contribution < -0.4 is 10.1 Å². The third-order valence-corrected chi connectivity index (χ3v) is 1.98. The number of benzene rings is 1. The Morgan fingerprint density at radius 2 is 2.12 bits per heavy atom. The van der Waals surface area contributed by atoms with E-state index in [1.54, 1.807) is 6.08 Å². The van der Waals surface area contributed by atoms with Gasteiger partial charge in [-0.2, -0.15) is 0 Å². The summed E-state index contributed by atoms with van der Waals surface area (Å²) >= 11 is 0. The average molecular weight is 219 g/mol. The number of likely N-dealkylation sites (N-methyl/N-ethyl adjacent to an activating group) is 1. The number of carbonyl (C=O) groups excluding carboxylic acids is 1. The molecular weight excluding hydrogens is 202 g/mol. The number of hydrogen-bond acceptors (Lipinski definition) is 2. The fourth-order valence-electron chi connectivity index (χ4n) is 1.30. The summed E-state index contributed by atoms with van der Waals surface area (Å²) in [6.45, 7) is 5.08. The van der Waals surface area contributed by atoms with Gasteiger partial charge in [-0.1, -0.05) is 18.2 Å². The zero-order valence-electron chi connectivity index (χ0n) is 9.69. The smallest absolute Gasteiger partial charge is 0.243 e. The van der Waals surface area contributed by atoms with Gasteiger partial charge in [-0.05, 0) is 26.0 Å². The van der Waals surface area contributed by atoms with E-state index >= 15 is 0 Å². The molecule has 0 aromatic heterocycles. The summed E-state index contributed by atoms with van der Waals surface area (Å²) in [4.78, 5) is 11.2. The first-order valence-electron chi connectivity index (χ1n) is 5.45. The second kappa shape index (κ2) is 6.67. The SMILES string of the molecule is CCNC(=O)C=Cc1ccccc1OCC. The van der Waals surface area contributed by atoms with Gasteiger partial charge >= 0.3 is 0 Å². The van der Waals surface area contributed by atoms with Crippen LogP contribution in [0.5, 0.6) is 5.75 Å². The molecule has 1 aromatic carbocycles. The predicted octanol–water partition coefficient (Wildman–Crippen LogP) is 2.23. The number of amides is 1. The standard InChI is InChI=1S/C13H17NO2/c1-3-14-13(15)10-9-11-7-5-6-8-12(11)16-4-2/h5-10H,3-4H2,1-2H3,(H,14,15). The highest BCUT2D eigenvalue weighted by atomic mass is 16.5. The molecule has 0 unspecified atom stereocenters. The highest BCUT2D eigenvalue weighted by Crippen LogP contribution is 2.19. The lowest BCUT2D eigenvalue weighted by Gasteiger charge is -2.06. The Balaban J connectivity index is 2.75. The maximum Gasteiger partial charge on any atom is 0.243 e. The maximum absolute atomic E-state index is 11.2. The lowest BCUT2D eigenvalue weighted by Crippen LogP contribution is -2.19. The first kappa shape index (κ1) is 12.3. The van der Waals surface area contributed by atoms with Crippen LogP contribution in [-0.4, -0.2) is 19.1 Å². The second-order valence-electron chi connectivity index (χ2n) is 3.20. The maximum atomic E-state index is 11.2. The second-order valence-corrected chi connectivity index (χ2v) is 3.20. The van der Waals surface area contributed by atoms with Gasteiger partial charge in [-0.25, -0.2) is 0 Å². The van der Waals surface area contributed by atoms with E-state index in [1.807, 2.05) is 38.1 Å². The first-order valence-corrected chi connectivity index (χ1v) is 5.45. The minimum absolute atomic E-state index is 0.0891. The molecule has 1 N–H and O–H groups in total. The van der Waals surface area contributed by atoms with Gasteiger partial charge in [0, 0.05) is 18.2 Å². The van der Waals surface area contributed by atoms with Crippen LogP contribution in [0.1, 0.15) is 19.4 Å². The minimum atomic E-state index is -0.0891. The summed E-state index contributed by atoms with van der Waals surface area (Å²) < 4.78 is 5.45. The molecule has 3 nitrogen and oxygen atoms in total. The van der Waals surface area contributed by atoms with Crippen molar-refractivity contribution >= 4 is 12.0 Å². The zero-order valence-corrected chi connectivity index (χ0v) is 9.69. The van der Waals surface area contributed by atoms with Crippen molar-refractivity contribution in [3.05, 3.63) is 35.9 Å². The van der Waals surface area contributed by atoms with Crippen LogP contribution in [-0.2, 0) is 4.79 Å². The number of ether oxygens (including phenoxy) is 1. The Labute approximate surface area is 96.1 Å². The topological polar surface area (TPSA) is 38.3 Å². The first-order chi connectivity index (χ1) is 7.77. The van der Waals surface area contributed by atoms with Crippen LogP contribution in [0.15, 0.2) is 30.3 Å². The molecule has 1 amide bonds. The molecule has 0 bridgehead atoms. The summed E-state index contributed by atoms with van der Waals surface area (Å²) in [6, 6.07) is 7.63. The molecule has 0 aliphatic rings. The van der Waals surface area contributed by atoms with E-state index in [-0.39, 0.29) is 5.91 Å². The van der Waals surface area contributed by atoms with Gasteiger partial charge in [-0.15, -0.1) is 0 Å². The van der Waals surface area contributed by atoms with Crippen molar-refractivity contribution in [2.75, 3.05) is 13.2 Å². The van der Waals surface area contributed by atoms with Crippen molar-refractivity contribution in [1.82, 2.24) is 5.32 Å². The van der Waals surface area contributed by atoms with Crippen molar-refractivity contribution in [2.24, 2.45) is 0 Å². The Bertz CT molecular complexity index is 372. The van der Waals surface area contributed by atoms with Crippen molar-refractivity contribution < 1.29 is 9.53 Å². The summed E-state index contributed by atoms with van der Waals surface area (Å²) in [6.07, 6.45) is 3.28. The molecule has 0 fully saturated rings.